The highest BCUT2D eigenvalue weighted by Gasteiger charge is 2.12. The molecule has 20 heavy (non-hydrogen) atoms. The second kappa shape index (κ2) is 6.28. The van der Waals surface area contributed by atoms with Gasteiger partial charge in [0, 0.05) is 4.47 Å². The lowest BCUT2D eigenvalue weighted by Crippen LogP contribution is -2.01. The summed E-state index contributed by atoms with van der Waals surface area (Å²) in [5, 5.41) is 3.25. The number of hydrogen-bond donors (Lipinski definition) is 1. The number of halogens is 3. The minimum absolute atomic E-state index is 0.119. The number of nitrogens with one attached hydrogen (secondary N) is 1. The summed E-state index contributed by atoms with van der Waals surface area (Å²) in [5.41, 5.74) is 0.545. The van der Waals surface area contributed by atoms with Gasteiger partial charge in [-0.25, -0.2) is 9.18 Å². The number of esters is 1. The van der Waals surface area contributed by atoms with E-state index in [1.807, 2.05) is 0 Å². The van der Waals surface area contributed by atoms with Crippen LogP contribution in [0.1, 0.15) is 16.3 Å². The summed E-state index contributed by atoms with van der Waals surface area (Å²) in [4.78, 5) is 11.2. The van der Waals surface area contributed by atoms with E-state index in [2.05, 4.69) is 26.0 Å². The number of anilines is 1. The molecule has 0 radical (unpaired) electrons. The Balaban J connectivity index is 2.09. The van der Waals surface area contributed by atoms with Crippen LogP contribution < -0.4 is 5.32 Å². The van der Waals surface area contributed by atoms with Crippen LogP contribution in [0.3, 0.4) is 0 Å². The molecule has 1 aromatic carbocycles. The highest BCUT2D eigenvalue weighted by molar-refractivity contribution is 9.10. The van der Waals surface area contributed by atoms with Crippen molar-refractivity contribution in [3.05, 3.63) is 51.1 Å². The monoisotopic (exact) mass is 361 g/mol. The average Bonchev–Trinajstić information content (AvgIpc) is 2.85. The summed E-state index contributed by atoms with van der Waals surface area (Å²) in [6.45, 7) is 0.293. The fourth-order valence-corrected chi connectivity index (χ4v) is 2.53. The number of methoxy groups -OCH3 is 1. The van der Waals surface area contributed by atoms with Crippen molar-refractivity contribution in [1.82, 2.24) is 0 Å². The van der Waals surface area contributed by atoms with E-state index in [-0.39, 0.29) is 10.8 Å². The van der Waals surface area contributed by atoms with E-state index in [1.54, 1.807) is 6.07 Å². The third-order valence-electron chi connectivity index (χ3n) is 2.49. The molecule has 7 heteroatoms. The molecule has 0 amide bonds. The average molecular weight is 363 g/mol. The third kappa shape index (κ3) is 3.32. The predicted molar refractivity (Wildman–Crippen MR) is 76.5 cm³/mol. The fraction of sp³-hybridized carbons (Fsp3) is 0.154. The normalized spacial score (nSPS) is 10.4. The van der Waals surface area contributed by atoms with Crippen LogP contribution in [0.5, 0.6) is 0 Å². The van der Waals surface area contributed by atoms with E-state index in [9.17, 15) is 9.18 Å². The SMILES string of the molecule is COC(=O)c1ccc(CNc2c(Cl)cc(F)cc2Br)o1. The molecule has 1 aromatic heterocycles. The standard InChI is InChI=1S/C13H10BrClFNO3/c1-19-13(18)11-3-2-8(20-11)6-17-12-9(14)4-7(16)5-10(12)15/h2-5,17H,6H2,1H3. The van der Waals surface area contributed by atoms with Crippen LogP contribution in [0.15, 0.2) is 33.2 Å². The van der Waals surface area contributed by atoms with Gasteiger partial charge in [-0.15, -0.1) is 0 Å². The van der Waals surface area contributed by atoms with E-state index >= 15 is 0 Å². The van der Waals surface area contributed by atoms with E-state index in [0.29, 0.717) is 22.5 Å². The van der Waals surface area contributed by atoms with Crippen molar-refractivity contribution in [2.45, 2.75) is 6.54 Å². The maximum absolute atomic E-state index is 13.1. The van der Waals surface area contributed by atoms with E-state index in [0.717, 1.165) is 0 Å². The second-order valence-electron chi connectivity index (χ2n) is 3.86. The summed E-state index contributed by atoms with van der Waals surface area (Å²) in [7, 11) is 1.28. The van der Waals surface area contributed by atoms with Gasteiger partial charge in [0.2, 0.25) is 5.76 Å². The first-order valence-corrected chi connectivity index (χ1v) is 6.74. The van der Waals surface area contributed by atoms with Gasteiger partial charge in [-0.1, -0.05) is 11.6 Å². The molecule has 2 rings (SSSR count). The van der Waals surface area contributed by atoms with Gasteiger partial charge in [-0.2, -0.15) is 0 Å². The summed E-state index contributed by atoms with van der Waals surface area (Å²) < 4.78 is 23.4. The van der Waals surface area contributed by atoms with Crippen LogP contribution in [0.2, 0.25) is 5.02 Å². The number of furan rings is 1. The number of rotatable bonds is 4. The topological polar surface area (TPSA) is 51.5 Å². The highest BCUT2D eigenvalue weighted by atomic mass is 79.9. The first kappa shape index (κ1) is 14.9. The van der Waals surface area contributed by atoms with Crippen molar-refractivity contribution in [2.24, 2.45) is 0 Å². The maximum Gasteiger partial charge on any atom is 0.373 e. The fourth-order valence-electron chi connectivity index (χ4n) is 1.57. The van der Waals surface area contributed by atoms with Gasteiger partial charge in [-0.3, -0.25) is 0 Å². The van der Waals surface area contributed by atoms with Crippen molar-refractivity contribution < 1.29 is 18.3 Å². The van der Waals surface area contributed by atoms with E-state index in [1.165, 1.54) is 25.3 Å². The molecule has 0 unspecified atom stereocenters. The molecule has 0 atom stereocenters. The number of carbonyl (C=O) groups is 1. The van der Waals surface area contributed by atoms with E-state index in [4.69, 9.17) is 16.0 Å². The molecule has 1 N–H and O–H groups in total. The summed E-state index contributed by atoms with van der Waals surface area (Å²) in [5.74, 6) is -0.332. The number of ether oxygens (including phenoxy) is 1. The lowest BCUT2D eigenvalue weighted by Gasteiger charge is -2.09. The zero-order valence-electron chi connectivity index (χ0n) is 10.4. The van der Waals surface area contributed by atoms with Crippen LogP contribution in [0, 0.1) is 5.82 Å². The molecule has 2 aromatic rings. The Hall–Kier alpha value is -1.53. The van der Waals surface area contributed by atoms with Crippen LogP contribution in [0.4, 0.5) is 10.1 Å². The molecular formula is C13H10BrClFNO3. The van der Waals surface area contributed by atoms with Crippen LogP contribution in [0.25, 0.3) is 0 Å². The zero-order chi connectivity index (χ0) is 14.7. The van der Waals surface area contributed by atoms with Crippen molar-refractivity contribution in [1.29, 1.82) is 0 Å². The van der Waals surface area contributed by atoms with Crippen molar-refractivity contribution in [3.63, 3.8) is 0 Å². The lowest BCUT2D eigenvalue weighted by atomic mass is 10.3. The molecule has 0 saturated carbocycles. The summed E-state index contributed by atoms with van der Waals surface area (Å²) in [6.07, 6.45) is 0. The van der Waals surface area contributed by atoms with E-state index < -0.39 is 11.8 Å². The molecule has 106 valence electrons. The smallest absolute Gasteiger partial charge is 0.373 e. The molecule has 0 aliphatic rings. The number of hydrogen-bond acceptors (Lipinski definition) is 4. The molecule has 0 bridgehead atoms. The van der Waals surface area contributed by atoms with Gasteiger partial charge in [0.25, 0.3) is 0 Å². The Morgan fingerprint density at radius 2 is 2.25 bits per heavy atom. The molecule has 0 fully saturated rings. The van der Waals surface area contributed by atoms with Crippen LogP contribution >= 0.6 is 27.5 Å². The van der Waals surface area contributed by atoms with Crippen molar-refractivity contribution >= 4 is 39.2 Å². The van der Waals surface area contributed by atoms with Gasteiger partial charge in [0.15, 0.2) is 0 Å². The lowest BCUT2D eigenvalue weighted by molar-refractivity contribution is 0.0563. The zero-order valence-corrected chi connectivity index (χ0v) is 12.7. The molecule has 4 nitrogen and oxygen atoms in total. The van der Waals surface area contributed by atoms with Gasteiger partial charge in [0.05, 0.1) is 24.4 Å². The third-order valence-corrected chi connectivity index (χ3v) is 3.42. The van der Waals surface area contributed by atoms with Gasteiger partial charge in [0.1, 0.15) is 11.6 Å². The number of benzene rings is 1. The highest BCUT2D eigenvalue weighted by Crippen LogP contribution is 2.32. The largest absolute Gasteiger partial charge is 0.463 e. The minimum atomic E-state index is -0.544. The Bertz CT molecular complexity index is 621. The Morgan fingerprint density at radius 1 is 1.50 bits per heavy atom. The molecule has 0 aliphatic heterocycles. The minimum Gasteiger partial charge on any atom is -0.463 e. The summed E-state index contributed by atoms with van der Waals surface area (Å²) >= 11 is 9.16. The van der Waals surface area contributed by atoms with Crippen LogP contribution in [-0.2, 0) is 11.3 Å². The molecule has 0 aliphatic carbocycles. The molecular weight excluding hydrogens is 353 g/mol. The molecule has 1 heterocycles. The Kier molecular flexibility index (Phi) is 4.67. The predicted octanol–water partition coefficient (Wildman–Crippen LogP) is 4.23. The van der Waals surface area contributed by atoms with Crippen LogP contribution in [-0.4, -0.2) is 13.1 Å². The first-order valence-electron chi connectivity index (χ1n) is 5.56. The van der Waals surface area contributed by atoms with Gasteiger partial charge < -0.3 is 14.5 Å². The van der Waals surface area contributed by atoms with Gasteiger partial charge in [-0.05, 0) is 40.2 Å². The quantitative estimate of drug-likeness (QED) is 0.827. The van der Waals surface area contributed by atoms with Crippen molar-refractivity contribution in [3.8, 4) is 0 Å². The second-order valence-corrected chi connectivity index (χ2v) is 5.12. The molecule has 0 spiro atoms. The maximum atomic E-state index is 13.1. The molecule has 0 saturated heterocycles. The first-order chi connectivity index (χ1) is 9.51. The Morgan fingerprint density at radius 3 is 2.90 bits per heavy atom. The summed E-state index contributed by atoms with van der Waals surface area (Å²) in [6, 6.07) is 5.67. The van der Waals surface area contributed by atoms with Gasteiger partial charge >= 0.3 is 5.97 Å². The number of carbonyl (C=O) groups excluding carboxylic acids is 1. The Labute approximate surface area is 128 Å². The van der Waals surface area contributed by atoms with Crippen molar-refractivity contribution in [2.75, 3.05) is 12.4 Å².